The molecular formula is C14H16N4OS2. The Hall–Kier alpha value is -1.31. The van der Waals surface area contributed by atoms with Crippen LogP contribution in [0.2, 0.25) is 0 Å². The summed E-state index contributed by atoms with van der Waals surface area (Å²) >= 11 is 3.19. The monoisotopic (exact) mass is 320 g/mol. The summed E-state index contributed by atoms with van der Waals surface area (Å²) in [4.78, 5) is 25.6. The second-order valence-electron chi connectivity index (χ2n) is 5.48. The number of nitrogens with zero attached hydrogens (tertiary/aromatic N) is 4. The quantitative estimate of drug-likeness (QED) is 0.869. The van der Waals surface area contributed by atoms with Crippen LogP contribution >= 0.6 is 22.7 Å². The molecule has 4 heterocycles. The van der Waals surface area contributed by atoms with Gasteiger partial charge < -0.3 is 4.90 Å². The molecule has 2 saturated heterocycles. The Morgan fingerprint density at radius 2 is 2.19 bits per heavy atom. The molecule has 1 amide bonds. The van der Waals surface area contributed by atoms with Gasteiger partial charge in [0.1, 0.15) is 10.7 Å². The van der Waals surface area contributed by atoms with Crippen LogP contribution in [0, 0.1) is 0 Å². The summed E-state index contributed by atoms with van der Waals surface area (Å²) in [6.07, 6.45) is 3.98. The lowest BCUT2D eigenvalue weighted by Gasteiger charge is -2.24. The first-order valence-electron chi connectivity index (χ1n) is 7.14. The van der Waals surface area contributed by atoms with Crippen LogP contribution in [0.1, 0.15) is 28.3 Å². The second kappa shape index (κ2) is 5.47. The Morgan fingerprint density at radius 1 is 1.29 bits per heavy atom. The van der Waals surface area contributed by atoms with Gasteiger partial charge in [-0.3, -0.25) is 9.69 Å². The van der Waals surface area contributed by atoms with Gasteiger partial charge in [-0.1, -0.05) is 0 Å². The highest BCUT2D eigenvalue weighted by Crippen LogP contribution is 2.33. The highest BCUT2D eigenvalue weighted by atomic mass is 32.1. The Labute approximate surface area is 131 Å². The van der Waals surface area contributed by atoms with Crippen LogP contribution in [0.25, 0.3) is 0 Å². The molecule has 0 radical (unpaired) electrons. The Kier molecular flexibility index (Phi) is 3.48. The maximum absolute atomic E-state index is 12.5. The molecule has 0 N–H and O–H groups in total. The van der Waals surface area contributed by atoms with Crippen molar-refractivity contribution in [3.05, 3.63) is 33.2 Å². The van der Waals surface area contributed by atoms with E-state index in [0.29, 0.717) is 17.8 Å². The smallest absolute Gasteiger partial charge is 0.273 e. The van der Waals surface area contributed by atoms with Gasteiger partial charge in [-0.05, 0) is 12.8 Å². The summed E-state index contributed by atoms with van der Waals surface area (Å²) in [5.41, 5.74) is 2.32. The molecule has 7 heteroatoms. The van der Waals surface area contributed by atoms with Gasteiger partial charge >= 0.3 is 0 Å². The van der Waals surface area contributed by atoms with Crippen LogP contribution in [0.5, 0.6) is 0 Å². The predicted molar refractivity (Wildman–Crippen MR) is 82.5 cm³/mol. The maximum atomic E-state index is 12.5. The van der Waals surface area contributed by atoms with Gasteiger partial charge in [-0.15, -0.1) is 22.7 Å². The summed E-state index contributed by atoms with van der Waals surface area (Å²) in [6.45, 7) is 2.81. The molecule has 0 unspecified atom stereocenters. The van der Waals surface area contributed by atoms with Crippen molar-refractivity contribution in [3.63, 3.8) is 0 Å². The van der Waals surface area contributed by atoms with Crippen LogP contribution in [-0.2, 0) is 6.54 Å². The van der Waals surface area contributed by atoms with Crippen LogP contribution in [0.15, 0.2) is 22.5 Å². The third-order valence-corrected chi connectivity index (χ3v) is 5.78. The average molecular weight is 320 g/mol. The average Bonchev–Trinajstić information content (AvgIpc) is 3.26. The minimum atomic E-state index is 0.0971. The lowest BCUT2D eigenvalue weighted by Crippen LogP contribution is -2.39. The number of carbonyl (C=O) groups is 1. The Bertz CT molecular complexity index is 613. The number of fused-ring (bicyclic) bond motifs is 1. The summed E-state index contributed by atoms with van der Waals surface area (Å²) < 4.78 is 0. The minimum Gasteiger partial charge on any atom is -0.333 e. The van der Waals surface area contributed by atoms with Crippen molar-refractivity contribution in [1.82, 2.24) is 19.8 Å². The molecule has 0 spiro atoms. The van der Waals surface area contributed by atoms with Gasteiger partial charge in [0.05, 0.1) is 12.1 Å². The van der Waals surface area contributed by atoms with E-state index in [1.165, 1.54) is 16.3 Å². The van der Waals surface area contributed by atoms with E-state index in [9.17, 15) is 4.79 Å². The number of likely N-dealkylation sites (tertiary alicyclic amines) is 2. The third kappa shape index (κ3) is 2.39. The van der Waals surface area contributed by atoms with Crippen molar-refractivity contribution >= 4 is 28.6 Å². The molecule has 2 aliphatic rings. The minimum absolute atomic E-state index is 0.0971. The highest BCUT2D eigenvalue weighted by molar-refractivity contribution is 7.09. The molecular weight excluding hydrogens is 304 g/mol. The summed E-state index contributed by atoms with van der Waals surface area (Å²) in [7, 11) is 0. The van der Waals surface area contributed by atoms with Crippen molar-refractivity contribution in [2.75, 3.05) is 13.1 Å². The van der Waals surface area contributed by atoms with Gasteiger partial charge in [0.15, 0.2) is 0 Å². The fraction of sp³-hybridized carbons (Fsp3) is 0.500. The number of amides is 1. The molecule has 21 heavy (non-hydrogen) atoms. The van der Waals surface area contributed by atoms with E-state index in [1.54, 1.807) is 16.8 Å². The Balaban J connectivity index is 1.47. The molecule has 2 fully saturated rings. The molecule has 110 valence electrons. The summed E-state index contributed by atoms with van der Waals surface area (Å²) in [5, 5.41) is 5.04. The fourth-order valence-corrected chi connectivity index (χ4v) is 4.66. The van der Waals surface area contributed by atoms with Crippen LogP contribution in [0.3, 0.4) is 0 Å². The molecule has 2 aliphatic heterocycles. The molecule has 0 bridgehead atoms. The number of hydrogen-bond donors (Lipinski definition) is 0. The first kappa shape index (κ1) is 13.4. The van der Waals surface area contributed by atoms with E-state index >= 15 is 0 Å². The molecule has 4 rings (SSSR count). The van der Waals surface area contributed by atoms with Crippen LogP contribution < -0.4 is 0 Å². The molecule has 0 aromatic carbocycles. The SMILES string of the molecule is O=C(c1cscn1)N1CC[C@@H]2[C@@H]1CCN2Cc1nccs1. The third-order valence-electron chi connectivity index (χ3n) is 4.43. The zero-order valence-corrected chi connectivity index (χ0v) is 13.1. The van der Waals surface area contributed by atoms with Gasteiger partial charge in [0, 0.05) is 42.1 Å². The first-order chi connectivity index (χ1) is 10.3. The normalized spacial score (nSPS) is 25.4. The van der Waals surface area contributed by atoms with E-state index in [4.69, 9.17) is 0 Å². The van der Waals surface area contributed by atoms with Crippen molar-refractivity contribution in [2.24, 2.45) is 0 Å². The number of thiazole rings is 2. The topological polar surface area (TPSA) is 49.3 Å². The largest absolute Gasteiger partial charge is 0.333 e. The summed E-state index contributed by atoms with van der Waals surface area (Å²) in [6, 6.07) is 0.829. The molecule has 2 aromatic rings. The van der Waals surface area contributed by atoms with Crippen molar-refractivity contribution in [1.29, 1.82) is 0 Å². The van der Waals surface area contributed by atoms with E-state index in [-0.39, 0.29) is 5.91 Å². The standard InChI is InChI=1S/C14H16N4OS2/c19-14(10-8-20-9-16-10)18-5-2-11-12(18)1-4-17(11)7-13-15-3-6-21-13/h3,6,8-9,11-12H,1-2,4-5,7H2/t11-,12+/m1/s1. The van der Waals surface area contributed by atoms with E-state index in [2.05, 4.69) is 14.9 Å². The molecule has 2 aromatic heterocycles. The van der Waals surface area contributed by atoms with Crippen molar-refractivity contribution in [2.45, 2.75) is 31.5 Å². The van der Waals surface area contributed by atoms with Crippen molar-refractivity contribution in [3.8, 4) is 0 Å². The van der Waals surface area contributed by atoms with Gasteiger partial charge in [0.2, 0.25) is 0 Å². The molecule has 2 atom stereocenters. The molecule has 0 saturated carbocycles. The molecule has 0 aliphatic carbocycles. The number of aromatic nitrogens is 2. The number of hydrogen-bond acceptors (Lipinski definition) is 6. The first-order valence-corrected chi connectivity index (χ1v) is 8.97. The number of carbonyl (C=O) groups excluding carboxylic acids is 1. The predicted octanol–water partition coefficient (Wildman–Crippen LogP) is 2.09. The van der Waals surface area contributed by atoms with Gasteiger partial charge in [-0.25, -0.2) is 9.97 Å². The zero-order valence-electron chi connectivity index (χ0n) is 11.5. The maximum Gasteiger partial charge on any atom is 0.273 e. The summed E-state index contributed by atoms with van der Waals surface area (Å²) in [5.74, 6) is 0.0971. The fourth-order valence-electron chi connectivity index (χ4n) is 3.49. The Morgan fingerprint density at radius 3 is 2.95 bits per heavy atom. The number of rotatable bonds is 3. The highest BCUT2D eigenvalue weighted by Gasteiger charge is 2.44. The van der Waals surface area contributed by atoms with Gasteiger partial charge in [-0.2, -0.15) is 0 Å². The molecule has 5 nitrogen and oxygen atoms in total. The second-order valence-corrected chi connectivity index (χ2v) is 7.18. The van der Waals surface area contributed by atoms with Crippen LogP contribution in [0.4, 0.5) is 0 Å². The van der Waals surface area contributed by atoms with E-state index < -0.39 is 0 Å². The van der Waals surface area contributed by atoms with Gasteiger partial charge in [0.25, 0.3) is 5.91 Å². The van der Waals surface area contributed by atoms with E-state index in [0.717, 1.165) is 32.5 Å². The lowest BCUT2D eigenvalue weighted by molar-refractivity contribution is 0.0727. The van der Waals surface area contributed by atoms with Crippen LogP contribution in [-0.4, -0.2) is 50.8 Å². The zero-order chi connectivity index (χ0) is 14.2. The van der Waals surface area contributed by atoms with Crippen molar-refractivity contribution < 1.29 is 4.79 Å². The van der Waals surface area contributed by atoms with E-state index in [1.807, 2.05) is 21.9 Å². The lowest BCUT2D eigenvalue weighted by atomic mass is 10.1.